The van der Waals surface area contributed by atoms with Crippen LogP contribution in [0, 0.1) is 17.8 Å². The molecule has 0 unspecified atom stereocenters. The number of rotatable bonds is 45. The van der Waals surface area contributed by atoms with Crippen LogP contribution in [0.4, 0.5) is 0 Å². The Labute approximate surface area is 632 Å². The molecule has 5 aromatic carbocycles. The van der Waals surface area contributed by atoms with Crippen LogP contribution in [-0.4, -0.2) is 181 Å². The highest BCUT2D eigenvalue weighted by atomic mass is 16.5. The molecule has 4 fully saturated rings. The molecule has 0 bridgehead atoms. The molecule has 107 heavy (non-hydrogen) atoms. The highest BCUT2D eigenvalue weighted by molar-refractivity contribution is 6.00. The smallest absolute Gasteiger partial charge is 0.246 e. The molecule has 0 radical (unpaired) electrons. The number of carbonyl (C=O) groups is 8. The largest absolute Gasteiger partial charge is 0.379 e. The number of hydrogen-bond acceptors (Lipinski definition) is 16. The third-order valence-electron chi connectivity index (χ3n) is 22.7. The summed E-state index contributed by atoms with van der Waals surface area (Å²) < 4.78 is 19.4. The van der Waals surface area contributed by atoms with E-state index in [0.29, 0.717) is 159 Å². The van der Waals surface area contributed by atoms with E-state index in [1.54, 1.807) is 28.6 Å². The van der Waals surface area contributed by atoms with Gasteiger partial charge in [0.25, 0.3) is 0 Å². The van der Waals surface area contributed by atoms with Crippen molar-refractivity contribution in [3.63, 3.8) is 0 Å². The number of aryl methyl sites for hydroxylation is 2. The molecule has 0 spiro atoms. The first-order valence-corrected chi connectivity index (χ1v) is 39.5. The minimum atomic E-state index is -1.55. The second-order valence-corrected chi connectivity index (χ2v) is 29.5. The zero-order valence-corrected chi connectivity index (χ0v) is 63.3. The van der Waals surface area contributed by atoms with Crippen molar-refractivity contribution in [3.8, 4) is 0 Å². The van der Waals surface area contributed by atoms with Gasteiger partial charge in [-0.25, -0.2) is 0 Å². The van der Waals surface area contributed by atoms with E-state index < -0.39 is 35.6 Å². The molecular weight excluding hydrogens is 1350 g/mol. The van der Waals surface area contributed by atoms with Gasteiger partial charge < -0.3 is 50.6 Å². The number of aromatic nitrogens is 3. The van der Waals surface area contributed by atoms with E-state index in [-0.39, 0.29) is 115 Å². The van der Waals surface area contributed by atoms with Gasteiger partial charge in [0.15, 0.2) is 17.3 Å². The van der Waals surface area contributed by atoms with Crippen molar-refractivity contribution in [1.29, 1.82) is 0 Å². The highest BCUT2D eigenvalue weighted by Gasteiger charge is 2.52. The molecule has 10 atom stereocenters. The number of Topliss-reactive ketones (excluding diaryl/α,β-unsaturated/α-hetero) is 4. The second kappa shape index (κ2) is 41.8. The third kappa shape index (κ3) is 21.9. The molecular formula is C86H114N10O11. The zero-order chi connectivity index (χ0) is 75.3. The number of amides is 4. The van der Waals surface area contributed by atoms with E-state index in [2.05, 4.69) is 49.0 Å². The SMILES string of the molecule is CC[C@H](NC)C(=O)C[C@@H]1C(=O)N2[C@@H](CC[C@@H]1CNCCc1ccccc1)CC[C@H]2C(=O)NC(C(=O)CCCCOCCOCCOCCCn1cc(CCC(=O)CC[C@H]2CC[C@H]3CC[C@@H](C(=O)CC(c4ccccc4)c4ccccc4)N3C(=O)[C@H]2NC(=O)[C@H](CC)NC)nn1)(c1ccccc1)c1ccccc1. The van der Waals surface area contributed by atoms with E-state index in [4.69, 9.17) is 14.2 Å². The molecule has 21 heteroatoms. The molecule has 21 nitrogen and oxygen atoms in total. The number of carbonyl (C=O) groups excluding carboxylic acids is 8. The molecule has 4 aliphatic heterocycles. The number of likely N-dealkylation sites (N-methyl/N-ethyl adjacent to an activating group) is 2. The summed E-state index contributed by atoms with van der Waals surface area (Å²) in [5, 5.41) is 24.9. The lowest BCUT2D eigenvalue weighted by atomic mass is 9.77. The van der Waals surface area contributed by atoms with E-state index in [1.807, 2.05) is 160 Å². The fourth-order valence-electron chi connectivity index (χ4n) is 16.7. The molecule has 1 aromatic heterocycles. The first-order chi connectivity index (χ1) is 52.2. The maximum absolute atomic E-state index is 15.2. The van der Waals surface area contributed by atoms with Gasteiger partial charge in [-0.3, -0.25) is 43.0 Å². The fraction of sp³-hybridized carbons (Fsp3) is 0.535. The van der Waals surface area contributed by atoms with Crippen LogP contribution in [0.3, 0.4) is 0 Å². The summed E-state index contributed by atoms with van der Waals surface area (Å²) in [6.45, 7) is 8.18. The average Bonchev–Trinajstić information content (AvgIpc) is 1.66. The normalized spacial score (nSPS) is 20.8. The topological polar surface area (TPSA) is 262 Å². The Morgan fingerprint density at radius 1 is 0.570 bits per heavy atom. The van der Waals surface area contributed by atoms with Gasteiger partial charge in [-0.15, -0.1) is 5.10 Å². The van der Waals surface area contributed by atoms with Crippen LogP contribution in [0.2, 0.25) is 0 Å². The molecule has 0 aliphatic carbocycles. The lowest BCUT2D eigenvalue weighted by Gasteiger charge is -2.38. The number of benzene rings is 5. The summed E-state index contributed by atoms with van der Waals surface area (Å²) in [5.74, 6) is -2.33. The summed E-state index contributed by atoms with van der Waals surface area (Å²) >= 11 is 0. The number of ether oxygens (including phenoxy) is 3. The van der Waals surface area contributed by atoms with E-state index in [9.17, 15) is 24.0 Å². The number of fused-ring (bicyclic) bond motifs is 2. The Morgan fingerprint density at radius 3 is 1.71 bits per heavy atom. The van der Waals surface area contributed by atoms with Crippen LogP contribution in [0.15, 0.2) is 158 Å². The quantitative estimate of drug-likeness (QED) is 0.0223. The molecule has 5 N–H and O–H groups in total. The first kappa shape index (κ1) is 81.1. The minimum absolute atomic E-state index is 0.00723. The van der Waals surface area contributed by atoms with Gasteiger partial charge in [0.05, 0.1) is 50.2 Å². The molecule has 6 aromatic rings. The van der Waals surface area contributed by atoms with Crippen molar-refractivity contribution in [1.82, 2.24) is 51.4 Å². The van der Waals surface area contributed by atoms with Crippen molar-refractivity contribution in [2.24, 2.45) is 17.8 Å². The van der Waals surface area contributed by atoms with Crippen molar-refractivity contribution in [2.75, 3.05) is 66.8 Å². The summed E-state index contributed by atoms with van der Waals surface area (Å²) in [7, 11) is 3.50. The number of nitrogens with one attached hydrogen (secondary N) is 5. The van der Waals surface area contributed by atoms with Crippen LogP contribution in [0.5, 0.6) is 0 Å². The molecule has 10 rings (SSSR count). The molecule has 5 heterocycles. The summed E-state index contributed by atoms with van der Waals surface area (Å²) in [5.41, 5.74) is 3.72. The lowest BCUT2D eigenvalue weighted by molar-refractivity contribution is -0.146. The monoisotopic (exact) mass is 1460 g/mol. The van der Waals surface area contributed by atoms with Crippen LogP contribution in [0.1, 0.15) is 175 Å². The van der Waals surface area contributed by atoms with Crippen molar-refractivity contribution in [2.45, 2.75) is 209 Å². The molecule has 4 saturated heterocycles. The molecule has 4 aliphatic rings. The second-order valence-electron chi connectivity index (χ2n) is 29.5. The molecule has 0 saturated carbocycles. The maximum Gasteiger partial charge on any atom is 0.246 e. The molecule has 4 amide bonds. The van der Waals surface area contributed by atoms with E-state index >= 15 is 14.4 Å². The Bertz CT molecular complexity index is 3690. The maximum atomic E-state index is 15.2. The van der Waals surface area contributed by atoms with Crippen LogP contribution in [0.25, 0.3) is 0 Å². The van der Waals surface area contributed by atoms with Gasteiger partial charge >= 0.3 is 0 Å². The van der Waals surface area contributed by atoms with Crippen LogP contribution in [-0.2, 0) is 77.5 Å². The lowest BCUT2D eigenvalue weighted by Crippen LogP contribution is -2.58. The number of nitrogens with zero attached hydrogens (tertiary/aromatic N) is 5. The Kier molecular flexibility index (Phi) is 31.7. The van der Waals surface area contributed by atoms with Gasteiger partial charge in [0, 0.05) is 82.0 Å². The van der Waals surface area contributed by atoms with Crippen LogP contribution >= 0.6 is 0 Å². The standard InChI is InChI=1S/C86H114N10O11/c1-5-74(87-3)78(98)58-73-65(59-89-49-48-61-25-12-7-13-26-61)37-41-70-43-47-77(96(70)84(73)103)83(102)91-86(66-31-18-10-19-32-66,67-33-20-11-21-34-67)80(100)35-22-23-51-105-53-55-107-56-54-106-52-24-50-94-60-68(92-93-94)39-45-71(97)44-38-64-36-40-69-42-46-76(95(69)85(104)81(64)90-82(101)75(6-2)88-4)79(99)57-72(62-27-14-8-15-28-62)63-29-16-9-17-30-63/h7-21,25-34,60,64-65,69-70,72-77,81,87-89H,5-6,22-24,35-59H2,1-4H3,(H,90,101)(H,91,102)/t64-,65-,69+,70+,73+,74+,75+,76+,77+,81+/m1/s1. The first-order valence-electron chi connectivity index (χ1n) is 39.5. The Hall–Kier alpha value is -8.44. The minimum Gasteiger partial charge on any atom is -0.379 e. The van der Waals surface area contributed by atoms with Gasteiger partial charge in [-0.2, -0.15) is 0 Å². The Balaban J connectivity index is 0.632. The van der Waals surface area contributed by atoms with Crippen LogP contribution < -0.4 is 26.6 Å². The summed E-state index contributed by atoms with van der Waals surface area (Å²) in [6.07, 6.45) is 12.6. The zero-order valence-electron chi connectivity index (χ0n) is 63.3. The van der Waals surface area contributed by atoms with E-state index in [0.717, 1.165) is 30.5 Å². The summed E-state index contributed by atoms with van der Waals surface area (Å²) in [6, 6.07) is 45.6. The van der Waals surface area contributed by atoms with Crippen molar-refractivity contribution < 1.29 is 52.6 Å². The van der Waals surface area contributed by atoms with Crippen molar-refractivity contribution in [3.05, 3.63) is 191 Å². The van der Waals surface area contributed by atoms with Crippen molar-refractivity contribution >= 4 is 46.8 Å². The number of unbranched alkanes of at least 4 members (excludes halogenated alkanes) is 1. The third-order valence-corrected chi connectivity index (χ3v) is 22.7. The highest BCUT2D eigenvalue weighted by Crippen LogP contribution is 2.42. The fourth-order valence-corrected chi connectivity index (χ4v) is 16.7. The van der Waals surface area contributed by atoms with Gasteiger partial charge in [-0.1, -0.05) is 171 Å². The molecule has 574 valence electrons. The predicted octanol–water partition coefficient (Wildman–Crippen LogP) is 10.0. The van der Waals surface area contributed by atoms with E-state index in [1.165, 1.54) is 5.56 Å². The predicted molar refractivity (Wildman–Crippen MR) is 412 cm³/mol. The summed E-state index contributed by atoms with van der Waals surface area (Å²) in [4.78, 5) is 120. The van der Waals surface area contributed by atoms with Gasteiger partial charge in [0.1, 0.15) is 23.4 Å². The number of ketones is 4. The number of hydrogen-bond donors (Lipinski definition) is 5. The Morgan fingerprint density at radius 2 is 1.11 bits per heavy atom. The van der Waals surface area contributed by atoms with Gasteiger partial charge in [0.2, 0.25) is 23.6 Å². The van der Waals surface area contributed by atoms with Gasteiger partial charge in [-0.05, 0) is 170 Å². The average molecular weight is 1460 g/mol.